The lowest BCUT2D eigenvalue weighted by molar-refractivity contribution is 0.435. The monoisotopic (exact) mass is 289 g/mol. The largest absolute Gasteiger partial charge is 0.371 e. The molecule has 2 heterocycles. The summed E-state index contributed by atoms with van der Waals surface area (Å²) in [6.45, 7) is 9.99. The standard InChI is InChI=1S/C18H31N3/c1-4-6-16-7-5-11-21(12-9-16)18-8-10-19-13-17(18)14-20-15(2)3/h8,10,13,15-16,20H,4-7,9,11-12,14H2,1-3H3. The summed E-state index contributed by atoms with van der Waals surface area (Å²) in [5.74, 6) is 0.930. The Kier molecular flexibility index (Phi) is 6.50. The van der Waals surface area contributed by atoms with Crippen molar-refractivity contribution in [3.63, 3.8) is 0 Å². The number of rotatable bonds is 6. The molecule has 2 rings (SSSR count). The van der Waals surface area contributed by atoms with E-state index in [4.69, 9.17) is 0 Å². The average molecular weight is 289 g/mol. The van der Waals surface area contributed by atoms with Crippen LogP contribution >= 0.6 is 0 Å². The highest BCUT2D eigenvalue weighted by molar-refractivity contribution is 5.52. The Balaban J connectivity index is 2.03. The Labute approximate surface area is 130 Å². The number of nitrogens with one attached hydrogen (secondary N) is 1. The van der Waals surface area contributed by atoms with Gasteiger partial charge in [-0.05, 0) is 31.2 Å². The molecule has 0 radical (unpaired) electrons. The first-order chi connectivity index (χ1) is 10.2. The van der Waals surface area contributed by atoms with Crippen LogP contribution in [0.5, 0.6) is 0 Å². The predicted octanol–water partition coefficient (Wildman–Crippen LogP) is 3.99. The topological polar surface area (TPSA) is 28.2 Å². The normalized spacial score (nSPS) is 19.8. The lowest BCUT2D eigenvalue weighted by atomic mass is 9.96. The van der Waals surface area contributed by atoms with Crippen LogP contribution in [0.2, 0.25) is 0 Å². The van der Waals surface area contributed by atoms with E-state index < -0.39 is 0 Å². The van der Waals surface area contributed by atoms with Crippen molar-refractivity contribution < 1.29 is 0 Å². The van der Waals surface area contributed by atoms with Crippen molar-refractivity contribution >= 4 is 5.69 Å². The second kappa shape index (κ2) is 8.38. The van der Waals surface area contributed by atoms with Crippen LogP contribution in [0.3, 0.4) is 0 Å². The number of hydrogen-bond acceptors (Lipinski definition) is 3. The summed E-state index contributed by atoms with van der Waals surface area (Å²) in [5, 5.41) is 3.52. The van der Waals surface area contributed by atoms with Gasteiger partial charge in [0.2, 0.25) is 0 Å². The molecule has 1 N–H and O–H groups in total. The molecule has 3 nitrogen and oxygen atoms in total. The first-order valence-corrected chi connectivity index (χ1v) is 8.62. The van der Waals surface area contributed by atoms with Crippen molar-refractivity contribution in [3.8, 4) is 0 Å². The molecule has 1 atom stereocenters. The van der Waals surface area contributed by atoms with E-state index in [0.29, 0.717) is 6.04 Å². The van der Waals surface area contributed by atoms with Crippen LogP contribution in [-0.4, -0.2) is 24.1 Å². The first-order valence-electron chi connectivity index (χ1n) is 8.62. The van der Waals surface area contributed by atoms with Gasteiger partial charge in [0.1, 0.15) is 0 Å². The Morgan fingerprint density at radius 2 is 2.19 bits per heavy atom. The fourth-order valence-corrected chi connectivity index (χ4v) is 3.28. The van der Waals surface area contributed by atoms with Crippen molar-refractivity contribution in [1.82, 2.24) is 10.3 Å². The molecule has 1 aromatic heterocycles. The zero-order valence-electron chi connectivity index (χ0n) is 13.9. The zero-order valence-corrected chi connectivity index (χ0v) is 13.9. The fourth-order valence-electron chi connectivity index (χ4n) is 3.28. The molecule has 1 saturated heterocycles. The van der Waals surface area contributed by atoms with Crippen LogP contribution in [0.4, 0.5) is 5.69 Å². The summed E-state index contributed by atoms with van der Waals surface area (Å²) in [7, 11) is 0. The lowest BCUT2D eigenvalue weighted by Gasteiger charge is -2.26. The molecule has 0 amide bonds. The van der Waals surface area contributed by atoms with Crippen LogP contribution in [0.1, 0.15) is 58.4 Å². The van der Waals surface area contributed by atoms with Gasteiger partial charge >= 0.3 is 0 Å². The molecule has 0 bridgehead atoms. The molecule has 0 spiro atoms. The maximum Gasteiger partial charge on any atom is 0.0442 e. The highest BCUT2D eigenvalue weighted by atomic mass is 15.1. The Hall–Kier alpha value is -1.09. The summed E-state index contributed by atoms with van der Waals surface area (Å²) < 4.78 is 0. The molecule has 1 aliphatic heterocycles. The van der Waals surface area contributed by atoms with E-state index in [2.05, 4.69) is 42.0 Å². The van der Waals surface area contributed by atoms with E-state index in [1.807, 2.05) is 12.4 Å². The summed E-state index contributed by atoms with van der Waals surface area (Å²) >= 11 is 0. The quantitative estimate of drug-likeness (QED) is 0.858. The van der Waals surface area contributed by atoms with Gasteiger partial charge in [-0.25, -0.2) is 0 Å². The maximum atomic E-state index is 4.32. The second-order valence-electron chi connectivity index (χ2n) is 6.61. The van der Waals surface area contributed by atoms with Gasteiger partial charge < -0.3 is 10.2 Å². The fraction of sp³-hybridized carbons (Fsp3) is 0.722. The van der Waals surface area contributed by atoms with Crippen molar-refractivity contribution in [2.24, 2.45) is 5.92 Å². The van der Waals surface area contributed by atoms with Crippen molar-refractivity contribution in [2.45, 2.75) is 65.5 Å². The summed E-state index contributed by atoms with van der Waals surface area (Å²) in [5.41, 5.74) is 2.72. The van der Waals surface area contributed by atoms with Crippen LogP contribution in [0, 0.1) is 5.92 Å². The van der Waals surface area contributed by atoms with Crippen LogP contribution in [0.25, 0.3) is 0 Å². The molecule has 0 saturated carbocycles. The van der Waals surface area contributed by atoms with Gasteiger partial charge in [0.15, 0.2) is 0 Å². The van der Waals surface area contributed by atoms with E-state index in [1.54, 1.807) is 0 Å². The van der Waals surface area contributed by atoms with E-state index >= 15 is 0 Å². The third-order valence-corrected chi connectivity index (χ3v) is 4.46. The number of hydrogen-bond donors (Lipinski definition) is 1. The minimum absolute atomic E-state index is 0.510. The molecule has 21 heavy (non-hydrogen) atoms. The van der Waals surface area contributed by atoms with E-state index in [-0.39, 0.29) is 0 Å². The van der Waals surface area contributed by atoms with Gasteiger partial charge in [-0.2, -0.15) is 0 Å². The molecule has 1 aliphatic rings. The lowest BCUT2D eigenvalue weighted by Crippen LogP contribution is -2.28. The minimum Gasteiger partial charge on any atom is -0.371 e. The van der Waals surface area contributed by atoms with Crippen LogP contribution < -0.4 is 10.2 Å². The predicted molar refractivity (Wildman–Crippen MR) is 90.7 cm³/mol. The van der Waals surface area contributed by atoms with Crippen molar-refractivity contribution in [1.29, 1.82) is 0 Å². The summed E-state index contributed by atoms with van der Waals surface area (Å²) in [6.07, 6.45) is 10.7. The molecule has 118 valence electrons. The molecular weight excluding hydrogens is 258 g/mol. The Morgan fingerprint density at radius 3 is 2.95 bits per heavy atom. The first kappa shape index (κ1) is 16.3. The van der Waals surface area contributed by atoms with Crippen molar-refractivity contribution in [3.05, 3.63) is 24.0 Å². The molecule has 1 fully saturated rings. The average Bonchev–Trinajstić information content (AvgIpc) is 2.71. The van der Waals surface area contributed by atoms with Gasteiger partial charge in [-0.15, -0.1) is 0 Å². The van der Waals surface area contributed by atoms with Crippen LogP contribution in [-0.2, 0) is 6.54 Å². The molecule has 0 aliphatic carbocycles. The smallest absolute Gasteiger partial charge is 0.0442 e. The van der Waals surface area contributed by atoms with Crippen molar-refractivity contribution in [2.75, 3.05) is 18.0 Å². The summed E-state index contributed by atoms with van der Waals surface area (Å²) in [6, 6.07) is 2.70. The minimum atomic E-state index is 0.510. The Morgan fingerprint density at radius 1 is 1.33 bits per heavy atom. The van der Waals surface area contributed by atoms with E-state index in [1.165, 1.54) is 56.4 Å². The number of aromatic nitrogens is 1. The number of pyridine rings is 1. The summed E-state index contributed by atoms with van der Waals surface area (Å²) in [4.78, 5) is 6.90. The molecular formula is C18H31N3. The van der Waals surface area contributed by atoms with Gasteiger partial charge in [-0.3, -0.25) is 4.98 Å². The van der Waals surface area contributed by atoms with Crippen LogP contribution in [0.15, 0.2) is 18.5 Å². The third-order valence-electron chi connectivity index (χ3n) is 4.46. The molecule has 0 aromatic carbocycles. The van der Waals surface area contributed by atoms with E-state index in [9.17, 15) is 0 Å². The van der Waals surface area contributed by atoms with E-state index in [0.717, 1.165) is 12.5 Å². The SMILES string of the molecule is CCCC1CCCN(c2ccncc2CNC(C)C)CC1. The molecule has 1 aromatic rings. The Bertz CT molecular complexity index is 417. The van der Waals surface area contributed by atoms with Gasteiger partial charge in [0, 0.05) is 49.3 Å². The van der Waals surface area contributed by atoms with Gasteiger partial charge in [0.25, 0.3) is 0 Å². The highest BCUT2D eigenvalue weighted by Gasteiger charge is 2.18. The third kappa shape index (κ3) is 4.99. The molecule has 1 unspecified atom stereocenters. The van der Waals surface area contributed by atoms with Gasteiger partial charge in [0.05, 0.1) is 0 Å². The maximum absolute atomic E-state index is 4.32. The second-order valence-corrected chi connectivity index (χ2v) is 6.61. The highest BCUT2D eigenvalue weighted by Crippen LogP contribution is 2.27. The number of nitrogens with zero attached hydrogens (tertiary/aromatic N) is 2. The zero-order chi connectivity index (χ0) is 15.1. The number of anilines is 1. The molecule has 3 heteroatoms. The van der Waals surface area contributed by atoms with Gasteiger partial charge in [-0.1, -0.05) is 33.6 Å².